The summed E-state index contributed by atoms with van der Waals surface area (Å²) in [7, 11) is 3.20. The minimum absolute atomic E-state index is 0.0349. The zero-order chi connectivity index (χ0) is 31.3. The Kier molecular flexibility index (Phi) is 10.8. The lowest BCUT2D eigenvalue weighted by atomic mass is 9.95. The smallest absolute Gasteiger partial charge is 0.416 e. The van der Waals surface area contributed by atoms with Crippen LogP contribution in [0.25, 0.3) is 0 Å². The number of carbonyl (C=O) groups is 1. The third-order valence-electron chi connectivity index (χ3n) is 9.11. The first kappa shape index (κ1) is 32.6. The highest BCUT2D eigenvalue weighted by Gasteiger charge is 2.33. The number of ether oxygens (including phenoxy) is 4. The summed E-state index contributed by atoms with van der Waals surface area (Å²) in [5.74, 6) is -0.125. The molecule has 0 saturated carbocycles. The third kappa shape index (κ3) is 7.88. The highest BCUT2D eigenvalue weighted by molar-refractivity contribution is 5.94. The van der Waals surface area contributed by atoms with Gasteiger partial charge in [-0.1, -0.05) is 12.1 Å². The van der Waals surface area contributed by atoms with Gasteiger partial charge in [-0.2, -0.15) is 23.1 Å². The molecule has 1 aromatic carbocycles. The van der Waals surface area contributed by atoms with Gasteiger partial charge in [0.2, 0.25) is 0 Å². The van der Waals surface area contributed by atoms with E-state index < -0.39 is 11.7 Å². The molecule has 3 aliphatic rings. The Morgan fingerprint density at radius 3 is 2.50 bits per heavy atom. The highest BCUT2D eigenvalue weighted by Crippen LogP contribution is 2.35. The van der Waals surface area contributed by atoms with Crippen molar-refractivity contribution in [3.63, 3.8) is 0 Å². The lowest BCUT2D eigenvalue weighted by molar-refractivity contribution is -0.137. The molecule has 1 amide bonds. The van der Waals surface area contributed by atoms with Crippen molar-refractivity contribution in [2.24, 2.45) is 0 Å². The molecular formula is C32H43F3N4O5. The van der Waals surface area contributed by atoms with Gasteiger partial charge >= 0.3 is 12.2 Å². The molecule has 1 N–H and O–H groups in total. The molecule has 0 radical (unpaired) electrons. The number of alkyl halides is 3. The fraction of sp³-hybridized carbons (Fsp3) is 0.656. The molecule has 12 heteroatoms. The van der Waals surface area contributed by atoms with E-state index >= 15 is 0 Å². The number of aromatic nitrogens is 2. The Labute approximate surface area is 256 Å². The van der Waals surface area contributed by atoms with Crippen molar-refractivity contribution >= 4 is 5.91 Å². The average molecular weight is 621 g/mol. The van der Waals surface area contributed by atoms with E-state index in [9.17, 15) is 18.0 Å². The van der Waals surface area contributed by atoms with Crippen molar-refractivity contribution in [2.45, 2.75) is 94.9 Å². The highest BCUT2D eigenvalue weighted by atomic mass is 19.4. The monoisotopic (exact) mass is 620 g/mol. The van der Waals surface area contributed by atoms with Crippen molar-refractivity contribution in [1.82, 2.24) is 20.2 Å². The number of rotatable bonds is 9. The predicted molar refractivity (Wildman–Crippen MR) is 157 cm³/mol. The minimum Gasteiger partial charge on any atom is -0.467 e. The van der Waals surface area contributed by atoms with Gasteiger partial charge in [-0.15, -0.1) is 0 Å². The van der Waals surface area contributed by atoms with E-state index in [2.05, 4.69) is 15.3 Å². The minimum atomic E-state index is -4.36. The van der Waals surface area contributed by atoms with Gasteiger partial charge in [-0.25, -0.2) is 0 Å². The van der Waals surface area contributed by atoms with Crippen molar-refractivity contribution in [1.29, 1.82) is 0 Å². The Balaban J connectivity index is 1.18. The van der Waals surface area contributed by atoms with Gasteiger partial charge in [-0.3, -0.25) is 4.79 Å². The lowest BCUT2D eigenvalue weighted by Gasteiger charge is -2.38. The number of hydrogen-bond donors (Lipinski definition) is 1. The van der Waals surface area contributed by atoms with Crippen LogP contribution in [0.15, 0.2) is 24.3 Å². The maximum Gasteiger partial charge on any atom is 0.416 e. The molecule has 44 heavy (non-hydrogen) atoms. The molecule has 0 unspecified atom stereocenters. The lowest BCUT2D eigenvalue weighted by Crippen LogP contribution is -2.54. The van der Waals surface area contributed by atoms with Crippen molar-refractivity contribution in [3.8, 4) is 6.01 Å². The normalized spacial score (nSPS) is 25.2. The molecule has 0 aliphatic carbocycles. The molecule has 3 fully saturated rings. The Morgan fingerprint density at radius 2 is 1.82 bits per heavy atom. The van der Waals surface area contributed by atoms with Crippen LogP contribution in [-0.4, -0.2) is 85.6 Å². The summed E-state index contributed by atoms with van der Waals surface area (Å²) in [6, 6.07) is 5.94. The summed E-state index contributed by atoms with van der Waals surface area (Å²) in [4.78, 5) is 24.5. The maximum absolute atomic E-state index is 13.7. The number of hydrogen-bond acceptors (Lipinski definition) is 8. The number of likely N-dealkylation sites (tertiary alicyclic amines) is 1. The molecule has 3 saturated heterocycles. The molecule has 4 heterocycles. The fourth-order valence-electron chi connectivity index (χ4n) is 6.46. The summed E-state index contributed by atoms with van der Waals surface area (Å²) >= 11 is 0. The van der Waals surface area contributed by atoms with E-state index in [0.717, 1.165) is 74.1 Å². The summed E-state index contributed by atoms with van der Waals surface area (Å²) in [6.45, 7) is 4.44. The Hall–Kier alpha value is -2.80. The molecule has 0 spiro atoms. The number of methoxy groups -OCH3 is 2. The van der Waals surface area contributed by atoms with E-state index in [1.807, 2.05) is 11.8 Å². The summed E-state index contributed by atoms with van der Waals surface area (Å²) in [5.41, 5.74) is 1.91. The SMILES string of the molecule is COc1nc(CC[C@H]2CCC[C@@H](c3ccc(C(F)(F)F)cc3)O2)c(C)c(C(=O)N2CCC(N[C@H]3CCOC[C@H]3OC)CC2)n1. The van der Waals surface area contributed by atoms with Gasteiger partial charge in [-0.05, 0) is 76.0 Å². The first-order chi connectivity index (χ1) is 21.2. The van der Waals surface area contributed by atoms with Gasteiger partial charge in [0.25, 0.3) is 5.91 Å². The second kappa shape index (κ2) is 14.5. The largest absolute Gasteiger partial charge is 0.467 e. The van der Waals surface area contributed by atoms with E-state index in [-0.39, 0.29) is 36.3 Å². The first-order valence-electron chi connectivity index (χ1n) is 15.6. The van der Waals surface area contributed by atoms with E-state index in [0.29, 0.717) is 44.3 Å². The van der Waals surface area contributed by atoms with Crippen molar-refractivity contribution in [2.75, 3.05) is 40.5 Å². The van der Waals surface area contributed by atoms with Crippen LogP contribution in [0.4, 0.5) is 13.2 Å². The second-order valence-electron chi connectivity index (χ2n) is 11.9. The van der Waals surface area contributed by atoms with Crippen LogP contribution in [0.5, 0.6) is 6.01 Å². The summed E-state index contributed by atoms with van der Waals surface area (Å²) in [6.07, 6.45) is 1.68. The van der Waals surface area contributed by atoms with Crippen LogP contribution in [0.1, 0.15) is 83.9 Å². The number of benzene rings is 1. The van der Waals surface area contributed by atoms with Crippen molar-refractivity contribution < 1.29 is 36.9 Å². The molecular weight excluding hydrogens is 577 g/mol. The number of piperidine rings is 1. The summed E-state index contributed by atoms with van der Waals surface area (Å²) in [5, 5.41) is 3.72. The molecule has 242 valence electrons. The average Bonchev–Trinajstić information content (AvgIpc) is 3.04. The van der Waals surface area contributed by atoms with Crippen LogP contribution >= 0.6 is 0 Å². The van der Waals surface area contributed by atoms with Gasteiger partial charge in [0, 0.05) is 44.5 Å². The maximum atomic E-state index is 13.7. The number of carbonyl (C=O) groups excluding carboxylic acids is 1. The fourth-order valence-corrected chi connectivity index (χ4v) is 6.46. The van der Waals surface area contributed by atoms with Gasteiger partial charge in [0.1, 0.15) is 5.69 Å². The first-order valence-corrected chi connectivity index (χ1v) is 15.6. The molecule has 5 rings (SSSR count). The van der Waals surface area contributed by atoms with E-state index in [1.165, 1.54) is 19.2 Å². The predicted octanol–water partition coefficient (Wildman–Crippen LogP) is 5.05. The zero-order valence-corrected chi connectivity index (χ0v) is 25.7. The van der Waals surface area contributed by atoms with Crippen LogP contribution in [-0.2, 0) is 26.8 Å². The summed E-state index contributed by atoms with van der Waals surface area (Å²) < 4.78 is 61.8. The van der Waals surface area contributed by atoms with Crippen LogP contribution < -0.4 is 10.1 Å². The number of nitrogens with zero attached hydrogens (tertiary/aromatic N) is 3. The van der Waals surface area contributed by atoms with Gasteiger partial charge in [0.15, 0.2) is 0 Å². The van der Waals surface area contributed by atoms with Gasteiger partial charge in [0.05, 0.1) is 43.3 Å². The van der Waals surface area contributed by atoms with Crippen LogP contribution in [0.3, 0.4) is 0 Å². The second-order valence-corrected chi connectivity index (χ2v) is 11.9. The van der Waals surface area contributed by atoms with E-state index in [1.54, 1.807) is 7.11 Å². The van der Waals surface area contributed by atoms with Crippen molar-refractivity contribution in [3.05, 3.63) is 52.3 Å². The number of aryl methyl sites for hydroxylation is 1. The van der Waals surface area contributed by atoms with Crippen LogP contribution in [0, 0.1) is 6.92 Å². The number of nitrogens with one attached hydrogen (secondary N) is 1. The molecule has 3 aliphatic heterocycles. The molecule has 2 aromatic rings. The third-order valence-corrected chi connectivity index (χ3v) is 9.11. The molecule has 0 bridgehead atoms. The van der Waals surface area contributed by atoms with E-state index in [4.69, 9.17) is 18.9 Å². The zero-order valence-electron chi connectivity index (χ0n) is 25.7. The number of halogens is 3. The number of amides is 1. The topological polar surface area (TPSA) is 95.0 Å². The van der Waals surface area contributed by atoms with Gasteiger partial charge < -0.3 is 29.2 Å². The van der Waals surface area contributed by atoms with Crippen LogP contribution in [0.2, 0.25) is 0 Å². The molecule has 1 aromatic heterocycles. The molecule has 4 atom stereocenters. The Morgan fingerprint density at radius 1 is 1.07 bits per heavy atom. The molecule has 9 nitrogen and oxygen atoms in total. The standard InChI is InChI=1S/C32H43F3N4O5/c1-20-25(12-11-24-5-4-6-27(44-24)21-7-9-22(10-8-21)32(33,34)35)37-31(42-3)38-29(20)30(40)39-16-13-23(14-17-39)36-26-15-18-43-19-28(26)41-2/h7-10,23-24,26-28,36H,4-6,11-19H2,1-3H3/t24-,26+,27+,28-/m1/s1. The Bertz CT molecular complexity index is 1250. The quantitative estimate of drug-likeness (QED) is 0.416.